The van der Waals surface area contributed by atoms with Crippen LogP contribution in [0.5, 0.6) is 0 Å². The first-order valence-electron chi connectivity index (χ1n) is 9.77. The predicted molar refractivity (Wildman–Crippen MR) is 110 cm³/mol. The monoisotopic (exact) mass is 411 g/mol. The molecule has 1 aliphatic heterocycles. The molecule has 0 saturated carbocycles. The minimum absolute atomic E-state index is 0.0965. The summed E-state index contributed by atoms with van der Waals surface area (Å²) in [5.41, 5.74) is 3.67. The van der Waals surface area contributed by atoms with Crippen molar-refractivity contribution in [2.45, 2.75) is 52.9 Å². The van der Waals surface area contributed by atoms with Crippen LogP contribution in [0.2, 0.25) is 0 Å². The molecule has 0 aliphatic carbocycles. The molecule has 3 aromatic rings. The third-order valence-electron chi connectivity index (χ3n) is 5.20. The molecule has 0 radical (unpaired) electrons. The number of fused-ring (bicyclic) bond motifs is 1. The molecule has 1 N–H and O–H groups in total. The van der Waals surface area contributed by atoms with Crippen LogP contribution in [0.1, 0.15) is 45.5 Å². The quantitative estimate of drug-likeness (QED) is 0.669. The third kappa shape index (κ3) is 4.51. The number of aryl methyl sites for hydroxylation is 2. The topological polar surface area (TPSA) is 88.8 Å². The van der Waals surface area contributed by atoms with Crippen molar-refractivity contribution < 1.29 is 4.79 Å². The van der Waals surface area contributed by atoms with Gasteiger partial charge >= 0.3 is 0 Å². The van der Waals surface area contributed by atoms with Crippen molar-refractivity contribution in [2.75, 3.05) is 6.54 Å². The van der Waals surface area contributed by atoms with Crippen LogP contribution in [0, 0.1) is 13.8 Å². The van der Waals surface area contributed by atoms with Crippen molar-refractivity contribution in [1.82, 2.24) is 35.4 Å². The van der Waals surface area contributed by atoms with E-state index < -0.39 is 0 Å². The van der Waals surface area contributed by atoms with Crippen molar-refractivity contribution in [3.8, 4) is 0 Å². The number of carbonyl (C=O) groups is 1. The maximum Gasteiger partial charge on any atom is 0.242 e. The predicted octanol–water partition coefficient (Wildman–Crippen LogP) is 2.18. The van der Waals surface area contributed by atoms with Crippen molar-refractivity contribution in [3.05, 3.63) is 56.8 Å². The fraction of sp³-hybridized carbons (Fsp3) is 0.450. The van der Waals surface area contributed by atoms with Crippen LogP contribution in [-0.4, -0.2) is 42.5 Å². The van der Waals surface area contributed by atoms with Gasteiger partial charge in [-0.15, -0.1) is 16.4 Å². The number of rotatable bonds is 6. The number of hydrogen-bond donors (Lipinski definition) is 1. The van der Waals surface area contributed by atoms with Crippen molar-refractivity contribution in [1.29, 1.82) is 0 Å². The molecule has 9 heteroatoms. The van der Waals surface area contributed by atoms with Crippen LogP contribution in [0.25, 0.3) is 0 Å². The second kappa shape index (κ2) is 8.38. The van der Waals surface area contributed by atoms with Gasteiger partial charge in [0.2, 0.25) is 5.91 Å². The van der Waals surface area contributed by atoms with Crippen LogP contribution < -0.4 is 5.32 Å². The van der Waals surface area contributed by atoms with Gasteiger partial charge < -0.3 is 5.32 Å². The zero-order valence-electron chi connectivity index (χ0n) is 16.9. The van der Waals surface area contributed by atoms with Crippen molar-refractivity contribution >= 4 is 17.2 Å². The van der Waals surface area contributed by atoms with Crippen molar-refractivity contribution in [3.63, 3.8) is 0 Å². The average molecular weight is 412 g/mol. The molecule has 29 heavy (non-hydrogen) atoms. The lowest BCUT2D eigenvalue weighted by atomic mass is 10.00. The van der Waals surface area contributed by atoms with E-state index in [9.17, 15) is 4.79 Å². The standard InChI is InChI=1S/C20H25N7OS/c1-13(20-14(2)29-15(3)22-20)21-19(28)12-27-18(23-24-25-27)11-26-9-8-16-6-4-5-7-17(16)10-26/h4-7,13H,8-12H2,1-3H3,(H,21,28). The minimum atomic E-state index is -0.147. The lowest BCUT2D eigenvalue weighted by Gasteiger charge is -2.28. The Kier molecular flexibility index (Phi) is 5.68. The second-order valence-electron chi connectivity index (χ2n) is 7.45. The zero-order valence-corrected chi connectivity index (χ0v) is 17.7. The molecular formula is C20H25N7OS. The molecule has 2 aromatic heterocycles. The summed E-state index contributed by atoms with van der Waals surface area (Å²) in [6, 6.07) is 8.37. The van der Waals surface area contributed by atoms with Gasteiger partial charge in [0.05, 0.1) is 23.3 Å². The summed E-state index contributed by atoms with van der Waals surface area (Å²) in [6.07, 6.45) is 1.02. The fourth-order valence-electron chi connectivity index (χ4n) is 3.79. The molecule has 1 aromatic carbocycles. The van der Waals surface area contributed by atoms with Gasteiger partial charge in [-0.1, -0.05) is 24.3 Å². The number of thiazole rings is 1. The Morgan fingerprint density at radius 2 is 2.07 bits per heavy atom. The smallest absolute Gasteiger partial charge is 0.242 e. The lowest BCUT2D eigenvalue weighted by molar-refractivity contribution is -0.122. The molecule has 1 amide bonds. The van der Waals surface area contributed by atoms with E-state index in [1.807, 2.05) is 20.8 Å². The third-order valence-corrected chi connectivity index (χ3v) is 6.10. The van der Waals surface area contributed by atoms with Gasteiger partial charge in [0, 0.05) is 18.0 Å². The number of hydrogen-bond acceptors (Lipinski definition) is 7. The minimum Gasteiger partial charge on any atom is -0.346 e. The summed E-state index contributed by atoms with van der Waals surface area (Å²) < 4.78 is 1.59. The lowest BCUT2D eigenvalue weighted by Crippen LogP contribution is -2.34. The van der Waals surface area contributed by atoms with E-state index in [0.717, 1.165) is 35.1 Å². The Morgan fingerprint density at radius 3 is 2.83 bits per heavy atom. The molecule has 1 aliphatic rings. The number of tetrazole rings is 1. The first-order valence-corrected chi connectivity index (χ1v) is 10.6. The normalized spacial score (nSPS) is 15.1. The summed E-state index contributed by atoms with van der Waals surface area (Å²) >= 11 is 1.64. The van der Waals surface area contributed by atoms with E-state index in [2.05, 4.69) is 55.0 Å². The van der Waals surface area contributed by atoms with E-state index in [-0.39, 0.29) is 18.5 Å². The highest BCUT2D eigenvalue weighted by atomic mass is 32.1. The van der Waals surface area contributed by atoms with Crippen molar-refractivity contribution in [2.24, 2.45) is 0 Å². The van der Waals surface area contributed by atoms with Crippen LogP contribution in [0.4, 0.5) is 0 Å². The van der Waals surface area contributed by atoms with Gasteiger partial charge in [-0.25, -0.2) is 9.67 Å². The summed E-state index contributed by atoms with van der Waals surface area (Å²) in [6.45, 7) is 8.49. The molecule has 152 valence electrons. The molecule has 0 fully saturated rings. The summed E-state index contributed by atoms with van der Waals surface area (Å²) in [7, 11) is 0. The summed E-state index contributed by atoms with van der Waals surface area (Å²) in [4.78, 5) is 20.5. The largest absolute Gasteiger partial charge is 0.346 e. The Morgan fingerprint density at radius 1 is 1.28 bits per heavy atom. The molecule has 8 nitrogen and oxygen atoms in total. The maximum absolute atomic E-state index is 12.6. The van der Waals surface area contributed by atoms with E-state index in [0.29, 0.717) is 12.4 Å². The number of benzene rings is 1. The van der Waals surface area contributed by atoms with E-state index in [4.69, 9.17) is 0 Å². The summed E-state index contributed by atoms with van der Waals surface area (Å²) in [5, 5.41) is 16.0. The SMILES string of the molecule is Cc1nc(C(C)NC(=O)Cn2nnnc2CN2CCc3ccccc3C2)c(C)s1. The Balaban J connectivity index is 1.37. The molecular weight excluding hydrogens is 386 g/mol. The highest BCUT2D eigenvalue weighted by Crippen LogP contribution is 2.22. The molecule has 1 atom stereocenters. The van der Waals surface area contributed by atoms with Gasteiger partial charge in [0.1, 0.15) is 6.54 Å². The number of nitrogens with one attached hydrogen (secondary N) is 1. The molecule has 0 saturated heterocycles. The Bertz CT molecular complexity index is 1010. The number of nitrogens with zero attached hydrogens (tertiary/aromatic N) is 6. The molecule has 0 bridgehead atoms. The van der Waals surface area contributed by atoms with Gasteiger partial charge in [-0.05, 0) is 48.7 Å². The first kappa shape index (κ1) is 19.7. The number of carbonyl (C=O) groups excluding carboxylic acids is 1. The van der Waals surface area contributed by atoms with Gasteiger partial charge in [0.15, 0.2) is 5.82 Å². The van der Waals surface area contributed by atoms with Crippen LogP contribution in [0.15, 0.2) is 24.3 Å². The van der Waals surface area contributed by atoms with Crippen LogP contribution >= 0.6 is 11.3 Å². The van der Waals surface area contributed by atoms with Crippen LogP contribution in [0.3, 0.4) is 0 Å². The Labute approximate surface area is 174 Å². The average Bonchev–Trinajstić information content (AvgIpc) is 3.26. The molecule has 4 rings (SSSR count). The summed E-state index contributed by atoms with van der Waals surface area (Å²) in [5.74, 6) is 0.577. The van der Waals surface area contributed by atoms with E-state index in [1.54, 1.807) is 16.0 Å². The zero-order chi connectivity index (χ0) is 20.4. The highest BCUT2D eigenvalue weighted by Gasteiger charge is 2.20. The second-order valence-corrected chi connectivity index (χ2v) is 8.85. The molecule has 3 heterocycles. The highest BCUT2D eigenvalue weighted by molar-refractivity contribution is 7.11. The number of aromatic nitrogens is 5. The fourth-order valence-corrected chi connectivity index (χ4v) is 4.70. The van der Waals surface area contributed by atoms with Crippen LogP contribution in [-0.2, 0) is 30.8 Å². The van der Waals surface area contributed by atoms with E-state index in [1.165, 1.54) is 11.1 Å². The first-order chi connectivity index (χ1) is 14.0. The van der Waals surface area contributed by atoms with E-state index >= 15 is 0 Å². The Hall–Kier alpha value is -2.65. The van der Waals surface area contributed by atoms with Gasteiger partial charge in [-0.2, -0.15) is 0 Å². The maximum atomic E-state index is 12.6. The van der Waals surface area contributed by atoms with Gasteiger partial charge in [-0.3, -0.25) is 9.69 Å². The van der Waals surface area contributed by atoms with Gasteiger partial charge in [0.25, 0.3) is 0 Å². The molecule has 0 spiro atoms. The molecule has 1 unspecified atom stereocenters. The number of amides is 1.